The van der Waals surface area contributed by atoms with Crippen molar-refractivity contribution in [2.75, 3.05) is 26.2 Å². The van der Waals surface area contributed by atoms with E-state index in [9.17, 15) is 24.0 Å². The molecule has 0 bridgehead atoms. The monoisotopic (exact) mass is 498 g/mol. The third-order valence-corrected chi connectivity index (χ3v) is 5.68. The van der Waals surface area contributed by atoms with E-state index in [1.165, 1.54) is 18.7 Å². The van der Waals surface area contributed by atoms with Crippen LogP contribution in [0.2, 0.25) is 0 Å². The summed E-state index contributed by atoms with van der Waals surface area (Å²) < 4.78 is 10.3. The summed E-state index contributed by atoms with van der Waals surface area (Å²) in [6.45, 7) is 4.64. The lowest BCUT2D eigenvalue weighted by atomic mass is 10.0. The summed E-state index contributed by atoms with van der Waals surface area (Å²) >= 11 is 6.27. The van der Waals surface area contributed by atoms with Gasteiger partial charge in [0.1, 0.15) is 6.04 Å². The van der Waals surface area contributed by atoms with Gasteiger partial charge in [-0.05, 0) is 26.2 Å². The van der Waals surface area contributed by atoms with Crippen LogP contribution in [0.1, 0.15) is 40.0 Å². The van der Waals surface area contributed by atoms with E-state index >= 15 is 0 Å². The molecule has 3 atom stereocenters. The molecule has 1 aliphatic heterocycles. The Bertz CT molecular complexity index is 873. The van der Waals surface area contributed by atoms with Crippen LogP contribution in [0.5, 0.6) is 0 Å². The van der Waals surface area contributed by atoms with Gasteiger partial charge in [-0.1, -0.05) is 23.8 Å². The second-order valence-electron chi connectivity index (χ2n) is 7.82. The summed E-state index contributed by atoms with van der Waals surface area (Å²) in [4.78, 5) is 61.9. The molecule has 188 valence electrons. The lowest BCUT2D eigenvalue weighted by Crippen LogP contribution is -2.50. The van der Waals surface area contributed by atoms with E-state index in [0.717, 1.165) is 0 Å². The van der Waals surface area contributed by atoms with Gasteiger partial charge in [0.15, 0.2) is 0 Å². The largest absolute Gasteiger partial charge is 0.434 e. The SMILES string of the molecule is CCO[C@@H](CNC(=O)[C@@H]1CCCN1C(=O)CNC(=O)C1=C(Cl)C(NC(C)=O)CC=C1)OC(C)=O. The number of carbonyl (C=O) groups excluding carboxylic acids is 5. The number of carbonyl (C=O) groups is 5. The van der Waals surface area contributed by atoms with Gasteiger partial charge in [0.2, 0.25) is 24.0 Å². The first-order valence-corrected chi connectivity index (χ1v) is 11.5. The molecule has 3 N–H and O–H groups in total. The normalized spacial score (nSPS) is 20.5. The van der Waals surface area contributed by atoms with E-state index in [0.29, 0.717) is 32.4 Å². The van der Waals surface area contributed by atoms with Crippen molar-refractivity contribution >= 4 is 41.2 Å². The van der Waals surface area contributed by atoms with Crippen molar-refractivity contribution in [2.24, 2.45) is 0 Å². The zero-order chi connectivity index (χ0) is 25.3. The Morgan fingerprint density at radius 2 is 1.94 bits per heavy atom. The second kappa shape index (κ2) is 13.1. The maximum atomic E-state index is 12.7. The van der Waals surface area contributed by atoms with Crippen molar-refractivity contribution in [3.63, 3.8) is 0 Å². The van der Waals surface area contributed by atoms with E-state index in [2.05, 4.69) is 16.0 Å². The first kappa shape index (κ1) is 27.3. The Kier molecular flexibility index (Phi) is 10.5. The molecule has 11 nitrogen and oxygen atoms in total. The third-order valence-electron chi connectivity index (χ3n) is 5.21. The van der Waals surface area contributed by atoms with E-state index in [4.69, 9.17) is 21.1 Å². The fourth-order valence-electron chi connectivity index (χ4n) is 3.74. The molecule has 0 radical (unpaired) electrons. The van der Waals surface area contributed by atoms with Crippen LogP contribution in [0.25, 0.3) is 0 Å². The van der Waals surface area contributed by atoms with Crippen molar-refractivity contribution < 1.29 is 33.4 Å². The summed E-state index contributed by atoms with van der Waals surface area (Å²) in [6.07, 6.45) is 3.91. The van der Waals surface area contributed by atoms with Gasteiger partial charge in [-0.2, -0.15) is 0 Å². The Morgan fingerprint density at radius 1 is 1.21 bits per heavy atom. The van der Waals surface area contributed by atoms with Crippen LogP contribution < -0.4 is 16.0 Å². The Morgan fingerprint density at radius 3 is 2.59 bits per heavy atom. The van der Waals surface area contributed by atoms with Crippen molar-refractivity contribution in [3.05, 3.63) is 22.8 Å². The van der Waals surface area contributed by atoms with Crippen LogP contribution in [-0.2, 0) is 33.4 Å². The minimum Gasteiger partial charge on any atom is -0.434 e. The smallest absolute Gasteiger partial charge is 0.305 e. The van der Waals surface area contributed by atoms with Crippen molar-refractivity contribution in [1.29, 1.82) is 0 Å². The molecule has 1 unspecified atom stereocenters. The average Bonchev–Trinajstić information content (AvgIpc) is 3.26. The van der Waals surface area contributed by atoms with Crippen LogP contribution >= 0.6 is 11.6 Å². The maximum Gasteiger partial charge on any atom is 0.305 e. The summed E-state index contributed by atoms with van der Waals surface area (Å²) in [7, 11) is 0. The Labute approximate surface area is 203 Å². The van der Waals surface area contributed by atoms with Gasteiger partial charge in [0, 0.05) is 27.0 Å². The van der Waals surface area contributed by atoms with Gasteiger partial charge in [-0.3, -0.25) is 24.0 Å². The van der Waals surface area contributed by atoms with Crippen molar-refractivity contribution in [3.8, 4) is 0 Å². The molecule has 2 rings (SSSR count). The summed E-state index contributed by atoms with van der Waals surface area (Å²) in [5.74, 6) is -2.17. The van der Waals surface area contributed by atoms with Gasteiger partial charge in [-0.15, -0.1) is 0 Å². The van der Waals surface area contributed by atoms with Crippen molar-refractivity contribution in [1.82, 2.24) is 20.9 Å². The molecular formula is C22H31ClN4O7. The number of nitrogens with zero attached hydrogens (tertiary/aromatic N) is 1. The minimum atomic E-state index is -0.917. The van der Waals surface area contributed by atoms with E-state index < -0.39 is 42.1 Å². The fraction of sp³-hybridized carbons (Fsp3) is 0.591. The molecule has 2 aliphatic rings. The highest BCUT2D eigenvalue weighted by Crippen LogP contribution is 2.23. The lowest BCUT2D eigenvalue weighted by Gasteiger charge is -2.25. The zero-order valence-electron chi connectivity index (χ0n) is 19.5. The molecule has 4 amide bonds. The highest BCUT2D eigenvalue weighted by Gasteiger charge is 2.34. The van der Waals surface area contributed by atoms with Gasteiger partial charge >= 0.3 is 5.97 Å². The number of hydrogen-bond donors (Lipinski definition) is 3. The number of nitrogens with one attached hydrogen (secondary N) is 3. The molecule has 1 saturated heterocycles. The van der Waals surface area contributed by atoms with Crippen LogP contribution in [0.3, 0.4) is 0 Å². The maximum absolute atomic E-state index is 12.7. The molecule has 1 fully saturated rings. The van der Waals surface area contributed by atoms with Crippen LogP contribution in [0.4, 0.5) is 0 Å². The standard InChI is InChI=1S/C22H31ClN4O7/c1-4-33-19(34-14(3)29)12-25-22(32)17-9-6-10-27(17)18(30)11-24-21(31)15-7-5-8-16(20(15)23)26-13(2)28/h5,7,16-17,19H,4,6,8-12H2,1-3H3,(H,24,31)(H,25,32)(H,26,28)/t16?,17-,19+/m0/s1. The number of esters is 1. The van der Waals surface area contributed by atoms with E-state index in [-0.39, 0.29) is 29.6 Å². The van der Waals surface area contributed by atoms with Gasteiger partial charge in [-0.25, -0.2) is 0 Å². The molecular weight excluding hydrogens is 468 g/mol. The van der Waals surface area contributed by atoms with Crippen molar-refractivity contribution in [2.45, 2.75) is 58.4 Å². The van der Waals surface area contributed by atoms with E-state index in [1.807, 2.05) is 0 Å². The minimum absolute atomic E-state index is 0.0457. The Balaban J connectivity index is 1.92. The first-order chi connectivity index (χ1) is 16.1. The third kappa shape index (κ3) is 7.84. The molecule has 0 aromatic heterocycles. The average molecular weight is 499 g/mol. The van der Waals surface area contributed by atoms with Gasteiger partial charge in [0.05, 0.1) is 29.7 Å². The Hall–Kier alpha value is -2.92. The summed E-state index contributed by atoms with van der Waals surface area (Å²) in [5, 5.41) is 8.05. The molecule has 1 aliphatic carbocycles. The first-order valence-electron chi connectivity index (χ1n) is 11.1. The molecule has 0 aromatic carbocycles. The number of likely N-dealkylation sites (tertiary alicyclic amines) is 1. The lowest BCUT2D eigenvalue weighted by molar-refractivity contribution is -0.175. The fourth-order valence-corrected chi connectivity index (χ4v) is 4.03. The van der Waals surface area contributed by atoms with Gasteiger partial charge < -0.3 is 30.3 Å². The summed E-state index contributed by atoms with van der Waals surface area (Å²) in [5.41, 5.74) is 0.169. The van der Waals surface area contributed by atoms with Crippen LogP contribution in [0.15, 0.2) is 22.8 Å². The van der Waals surface area contributed by atoms with Crippen LogP contribution in [-0.4, -0.2) is 79.1 Å². The topological polar surface area (TPSA) is 143 Å². The highest BCUT2D eigenvalue weighted by atomic mass is 35.5. The summed E-state index contributed by atoms with van der Waals surface area (Å²) in [6, 6.07) is -1.20. The molecule has 0 aromatic rings. The molecule has 0 spiro atoms. The predicted octanol–water partition coefficient (Wildman–Crippen LogP) is 0.0930. The van der Waals surface area contributed by atoms with Gasteiger partial charge in [0.25, 0.3) is 5.91 Å². The molecule has 1 heterocycles. The number of amides is 4. The molecule has 12 heteroatoms. The number of rotatable bonds is 10. The highest BCUT2D eigenvalue weighted by molar-refractivity contribution is 6.33. The second-order valence-corrected chi connectivity index (χ2v) is 8.23. The number of ether oxygens (including phenoxy) is 2. The van der Waals surface area contributed by atoms with E-state index in [1.54, 1.807) is 19.1 Å². The zero-order valence-corrected chi connectivity index (χ0v) is 20.3. The number of hydrogen-bond acceptors (Lipinski definition) is 7. The quantitative estimate of drug-likeness (QED) is 0.286. The molecule has 34 heavy (non-hydrogen) atoms. The predicted molar refractivity (Wildman–Crippen MR) is 122 cm³/mol. The molecule has 0 saturated carbocycles. The number of halogens is 1. The van der Waals surface area contributed by atoms with Crippen LogP contribution in [0, 0.1) is 0 Å².